The van der Waals surface area contributed by atoms with Crippen LogP contribution in [0.3, 0.4) is 0 Å². The van der Waals surface area contributed by atoms with E-state index in [9.17, 15) is 13.6 Å². The van der Waals surface area contributed by atoms with Crippen LogP contribution in [0.15, 0.2) is 73.1 Å². The van der Waals surface area contributed by atoms with Crippen LogP contribution >= 0.6 is 0 Å². The molecule has 0 saturated carbocycles. The fourth-order valence-corrected chi connectivity index (χ4v) is 2.87. The standard InChI is InChI=1S/C22H15F2N3O2/c23-15-4-2-6-18(10-15)29-13-14-3-1-5-17(9-14)27-22(28)19-11-16(24)12-20-21(19)26-8-7-25-20/h1-12H,13H2,(H,27,28). The summed E-state index contributed by atoms with van der Waals surface area (Å²) in [6.07, 6.45) is 2.88. The summed E-state index contributed by atoms with van der Waals surface area (Å²) < 4.78 is 32.7. The van der Waals surface area contributed by atoms with Gasteiger partial charge in [0, 0.05) is 30.2 Å². The molecule has 1 heterocycles. The van der Waals surface area contributed by atoms with Crippen molar-refractivity contribution < 1.29 is 18.3 Å². The van der Waals surface area contributed by atoms with Crippen LogP contribution in [0.1, 0.15) is 15.9 Å². The fraction of sp³-hybridized carbons (Fsp3) is 0.0455. The predicted octanol–water partition coefficient (Wildman–Crippen LogP) is 4.74. The summed E-state index contributed by atoms with van der Waals surface area (Å²) in [5.74, 6) is -1.04. The first-order chi connectivity index (χ1) is 14.1. The topological polar surface area (TPSA) is 64.1 Å². The lowest BCUT2D eigenvalue weighted by Gasteiger charge is -2.10. The average molecular weight is 391 g/mol. The van der Waals surface area contributed by atoms with Crippen LogP contribution in [0, 0.1) is 11.6 Å². The summed E-state index contributed by atoms with van der Waals surface area (Å²) in [5, 5.41) is 2.74. The number of amides is 1. The van der Waals surface area contributed by atoms with Crippen molar-refractivity contribution in [2.45, 2.75) is 6.61 Å². The van der Waals surface area contributed by atoms with Gasteiger partial charge >= 0.3 is 0 Å². The minimum atomic E-state index is -0.569. The number of nitrogens with one attached hydrogen (secondary N) is 1. The van der Waals surface area contributed by atoms with Gasteiger partial charge in [0.15, 0.2) is 0 Å². The number of nitrogens with zero attached hydrogens (tertiary/aromatic N) is 2. The molecular formula is C22H15F2N3O2. The monoisotopic (exact) mass is 391 g/mol. The Morgan fingerprint density at radius 3 is 2.62 bits per heavy atom. The van der Waals surface area contributed by atoms with Crippen LogP contribution in [0.4, 0.5) is 14.5 Å². The normalized spacial score (nSPS) is 10.7. The van der Waals surface area contributed by atoms with Crippen molar-refractivity contribution in [3.63, 3.8) is 0 Å². The lowest BCUT2D eigenvalue weighted by molar-refractivity contribution is 0.102. The Morgan fingerprint density at radius 1 is 0.931 bits per heavy atom. The van der Waals surface area contributed by atoms with E-state index < -0.39 is 11.7 Å². The third-order valence-electron chi connectivity index (χ3n) is 4.17. The third kappa shape index (κ3) is 4.35. The zero-order valence-corrected chi connectivity index (χ0v) is 15.1. The Bertz CT molecular complexity index is 1200. The van der Waals surface area contributed by atoms with Gasteiger partial charge in [0.1, 0.15) is 29.5 Å². The van der Waals surface area contributed by atoms with Crippen molar-refractivity contribution >= 4 is 22.6 Å². The second-order valence-corrected chi connectivity index (χ2v) is 6.28. The van der Waals surface area contributed by atoms with Crippen molar-refractivity contribution in [2.24, 2.45) is 0 Å². The molecular weight excluding hydrogens is 376 g/mol. The Balaban J connectivity index is 1.51. The number of carbonyl (C=O) groups is 1. The molecule has 4 aromatic rings. The van der Waals surface area contributed by atoms with Gasteiger partial charge in [-0.2, -0.15) is 0 Å². The smallest absolute Gasteiger partial charge is 0.258 e. The quantitative estimate of drug-likeness (QED) is 0.534. The van der Waals surface area contributed by atoms with E-state index in [1.165, 1.54) is 30.6 Å². The first kappa shape index (κ1) is 18.5. The number of carbonyl (C=O) groups excluding carboxylic acids is 1. The maximum absolute atomic E-state index is 13.9. The molecule has 7 heteroatoms. The van der Waals surface area contributed by atoms with Crippen molar-refractivity contribution in [1.29, 1.82) is 0 Å². The first-order valence-corrected chi connectivity index (χ1v) is 8.77. The van der Waals surface area contributed by atoms with Crippen LogP contribution in [-0.2, 0) is 6.61 Å². The van der Waals surface area contributed by atoms with Gasteiger partial charge in [-0.3, -0.25) is 14.8 Å². The molecule has 0 radical (unpaired) electrons. The molecule has 0 aliphatic rings. The Kier molecular flexibility index (Phi) is 5.11. The van der Waals surface area contributed by atoms with Crippen LogP contribution in [0.2, 0.25) is 0 Å². The molecule has 0 aliphatic carbocycles. The van der Waals surface area contributed by atoms with E-state index in [4.69, 9.17) is 4.74 Å². The van der Waals surface area contributed by atoms with Gasteiger partial charge < -0.3 is 10.1 Å². The first-order valence-electron chi connectivity index (χ1n) is 8.77. The summed E-state index contributed by atoms with van der Waals surface area (Å²) in [7, 11) is 0. The van der Waals surface area contributed by atoms with Crippen molar-refractivity contribution in [2.75, 3.05) is 5.32 Å². The maximum atomic E-state index is 13.9. The zero-order valence-electron chi connectivity index (χ0n) is 15.1. The van der Waals surface area contributed by atoms with E-state index in [-0.39, 0.29) is 18.0 Å². The molecule has 0 fully saturated rings. The van der Waals surface area contributed by atoms with Crippen LogP contribution in [0.5, 0.6) is 5.75 Å². The van der Waals surface area contributed by atoms with Gasteiger partial charge in [-0.25, -0.2) is 8.78 Å². The number of ether oxygens (including phenoxy) is 1. The number of hydrogen-bond acceptors (Lipinski definition) is 4. The number of hydrogen-bond donors (Lipinski definition) is 1. The summed E-state index contributed by atoms with van der Waals surface area (Å²) in [5.41, 5.74) is 1.99. The minimum Gasteiger partial charge on any atom is -0.489 e. The molecule has 1 aromatic heterocycles. The fourth-order valence-electron chi connectivity index (χ4n) is 2.87. The molecule has 1 amide bonds. The highest BCUT2D eigenvalue weighted by molar-refractivity contribution is 6.11. The number of halogens is 2. The molecule has 1 N–H and O–H groups in total. The highest BCUT2D eigenvalue weighted by Gasteiger charge is 2.14. The second kappa shape index (κ2) is 8.02. The number of benzene rings is 3. The van der Waals surface area contributed by atoms with E-state index in [1.807, 2.05) is 6.07 Å². The molecule has 0 bridgehead atoms. The summed E-state index contributed by atoms with van der Waals surface area (Å²) in [6.45, 7) is 0.196. The average Bonchev–Trinajstić information content (AvgIpc) is 2.72. The number of rotatable bonds is 5. The largest absolute Gasteiger partial charge is 0.489 e. The van der Waals surface area contributed by atoms with Crippen molar-refractivity contribution in [1.82, 2.24) is 9.97 Å². The van der Waals surface area contributed by atoms with Gasteiger partial charge in [0.2, 0.25) is 0 Å². The molecule has 4 rings (SSSR count). The van der Waals surface area contributed by atoms with E-state index in [0.29, 0.717) is 22.5 Å². The van der Waals surface area contributed by atoms with Crippen LogP contribution in [-0.4, -0.2) is 15.9 Å². The lowest BCUT2D eigenvalue weighted by Crippen LogP contribution is -2.13. The van der Waals surface area contributed by atoms with Crippen molar-refractivity contribution in [3.8, 4) is 5.75 Å². The molecule has 0 spiro atoms. The highest BCUT2D eigenvalue weighted by Crippen LogP contribution is 2.20. The van der Waals surface area contributed by atoms with Gasteiger partial charge in [0.05, 0.1) is 11.1 Å². The molecule has 29 heavy (non-hydrogen) atoms. The van der Waals surface area contributed by atoms with Gasteiger partial charge in [-0.15, -0.1) is 0 Å². The van der Waals surface area contributed by atoms with Crippen LogP contribution in [0.25, 0.3) is 11.0 Å². The number of anilines is 1. The molecule has 0 saturated heterocycles. The van der Waals surface area contributed by atoms with Crippen LogP contribution < -0.4 is 10.1 Å². The predicted molar refractivity (Wildman–Crippen MR) is 105 cm³/mol. The highest BCUT2D eigenvalue weighted by atomic mass is 19.1. The maximum Gasteiger partial charge on any atom is 0.258 e. The van der Waals surface area contributed by atoms with Gasteiger partial charge in [-0.05, 0) is 35.9 Å². The van der Waals surface area contributed by atoms with E-state index in [2.05, 4.69) is 15.3 Å². The lowest BCUT2D eigenvalue weighted by atomic mass is 10.1. The molecule has 0 unspecified atom stereocenters. The summed E-state index contributed by atoms with van der Waals surface area (Å²) in [4.78, 5) is 20.9. The molecule has 3 aromatic carbocycles. The molecule has 5 nitrogen and oxygen atoms in total. The summed E-state index contributed by atoms with van der Waals surface area (Å²) in [6, 6.07) is 15.2. The third-order valence-corrected chi connectivity index (χ3v) is 4.17. The Labute approximate surface area is 165 Å². The van der Waals surface area contributed by atoms with Crippen molar-refractivity contribution in [3.05, 3.63) is 95.8 Å². The zero-order chi connectivity index (χ0) is 20.2. The van der Waals surface area contributed by atoms with Gasteiger partial charge in [-0.1, -0.05) is 18.2 Å². The number of fused-ring (bicyclic) bond motifs is 1. The van der Waals surface area contributed by atoms with E-state index in [1.54, 1.807) is 30.3 Å². The van der Waals surface area contributed by atoms with Gasteiger partial charge in [0.25, 0.3) is 5.91 Å². The van der Waals surface area contributed by atoms with E-state index in [0.717, 1.165) is 11.6 Å². The minimum absolute atomic E-state index is 0.0921. The van der Waals surface area contributed by atoms with E-state index >= 15 is 0 Å². The SMILES string of the molecule is O=C(Nc1cccc(COc2cccc(F)c2)c1)c1cc(F)cc2nccnc12. The second-order valence-electron chi connectivity index (χ2n) is 6.28. The summed E-state index contributed by atoms with van der Waals surface area (Å²) >= 11 is 0. The Hall–Kier alpha value is -3.87. The molecule has 0 atom stereocenters. The number of aromatic nitrogens is 2. The molecule has 0 aliphatic heterocycles. The molecule has 144 valence electrons. The Morgan fingerprint density at radius 2 is 1.76 bits per heavy atom.